The van der Waals surface area contributed by atoms with Gasteiger partial charge in [-0.2, -0.15) is 5.10 Å². The van der Waals surface area contributed by atoms with E-state index in [0.717, 1.165) is 12.8 Å². The zero-order valence-electron chi connectivity index (χ0n) is 17.1. The van der Waals surface area contributed by atoms with Crippen molar-refractivity contribution in [3.63, 3.8) is 0 Å². The summed E-state index contributed by atoms with van der Waals surface area (Å²) < 4.78 is 0. The molecule has 0 radical (unpaired) electrons. The number of thiazole rings is 1. The highest BCUT2D eigenvalue weighted by Crippen LogP contribution is 2.27. The minimum absolute atomic E-state index is 0.121. The van der Waals surface area contributed by atoms with Gasteiger partial charge in [-0.15, -0.1) is 0 Å². The molecule has 1 aliphatic rings. The summed E-state index contributed by atoms with van der Waals surface area (Å²) in [5.74, 6) is 0.203. The molecule has 3 rings (SSSR count). The fourth-order valence-corrected chi connectivity index (χ4v) is 4.02. The first kappa shape index (κ1) is 21.5. The Bertz CT molecular complexity index is 961. The van der Waals surface area contributed by atoms with E-state index in [1.165, 1.54) is 21.9 Å². The summed E-state index contributed by atoms with van der Waals surface area (Å²) in [6.07, 6.45) is 12.4. The van der Waals surface area contributed by atoms with Gasteiger partial charge in [-0.1, -0.05) is 66.0 Å². The molecule has 1 aromatic carbocycles. The van der Waals surface area contributed by atoms with Crippen molar-refractivity contribution in [3.8, 4) is 0 Å². The molecule has 1 atom stereocenters. The van der Waals surface area contributed by atoms with Crippen LogP contribution in [0.25, 0.3) is 0 Å². The zero-order chi connectivity index (χ0) is 21.3. The van der Waals surface area contributed by atoms with Gasteiger partial charge in [-0.3, -0.25) is 4.79 Å². The number of nitrogens with zero attached hydrogens (tertiary/aromatic N) is 3. The van der Waals surface area contributed by atoms with Gasteiger partial charge in [-0.05, 0) is 37.7 Å². The zero-order valence-corrected chi connectivity index (χ0v) is 17.9. The average molecular weight is 422 g/mol. The van der Waals surface area contributed by atoms with Crippen LogP contribution in [0.3, 0.4) is 0 Å². The Balaban J connectivity index is 1.62. The molecule has 2 aromatic rings. The molecule has 1 aromatic heterocycles. The van der Waals surface area contributed by atoms with Crippen molar-refractivity contribution in [2.24, 2.45) is 16.8 Å². The van der Waals surface area contributed by atoms with E-state index in [1.807, 2.05) is 37.3 Å². The Hall–Kier alpha value is -3.19. The van der Waals surface area contributed by atoms with E-state index in [9.17, 15) is 4.79 Å². The van der Waals surface area contributed by atoms with Gasteiger partial charge in [0.15, 0.2) is 0 Å². The molecule has 0 saturated heterocycles. The molecular weight excluding hydrogens is 394 g/mol. The first-order valence-electron chi connectivity index (χ1n) is 9.91. The van der Waals surface area contributed by atoms with Crippen LogP contribution in [-0.4, -0.2) is 24.2 Å². The highest BCUT2D eigenvalue weighted by molar-refractivity contribution is 7.17. The van der Waals surface area contributed by atoms with Crippen LogP contribution in [-0.2, 0) is 6.42 Å². The van der Waals surface area contributed by atoms with Crippen LogP contribution in [0.15, 0.2) is 71.6 Å². The topological polar surface area (TPSA) is 83.6 Å². The molecule has 0 spiro atoms. The van der Waals surface area contributed by atoms with E-state index >= 15 is 0 Å². The van der Waals surface area contributed by atoms with Gasteiger partial charge < -0.3 is 11.1 Å². The number of aryl methyl sites for hydroxylation is 2. The monoisotopic (exact) mass is 421 g/mol. The Morgan fingerprint density at radius 1 is 1.40 bits per heavy atom. The number of rotatable bonds is 9. The SMILES string of the molecule is C=NN(/C=C(\N)CCc1ccccc1)c1nc(C)c(C(=O)NCC2C=CC=CC2)s1. The molecule has 1 heterocycles. The number of amides is 1. The highest BCUT2D eigenvalue weighted by atomic mass is 32.1. The van der Waals surface area contributed by atoms with Crippen molar-refractivity contribution in [2.75, 3.05) is 11.6 Å². The quantitative estimate of drug-likeness (QED) is 0.470. The largest absolute Gasteiger partial charge is 0.401 e. The number of benzene rings is 1. The summed E-state index contributed by atoms with van der Waals surface area (Å²) in [6.45, 7) is 6.04. The number of aromatic nitrogens is 1. The predicted octanol–water partition coefficient (Wildman–Crippen LogP) is 4.17. The van der Waals surface area contributed by atoms with Crippen LogP contribution in [0.4, 0.5) is 5.13 Å². The van der Waals surface area contributed by atoms with E-state index in [2.05, 4.69) is 46.4 Å². The normalized spacial score (nSPS) is 15.8. The lowest BCUT2D eigenvalue weighted by Crippen LogP contribution is -2.28. The smallest absolute Gasteiger partial charge is 0.263 e. The lowest BCUT2D eigenvalue weighted by Gasteiger charge is -2.13. The van der Waals surface area contributed by atoms with Crippen molar-refractivity contribution < 1.29 is 4.79 Å². The third-order valence-corrected chi connectivity index (χ3v) is 5.91. The summed E-state index contributed by atoms with van der Waals surface area (Å²) in [4.78, 5) is 17.7. The van der Waals surface area contributed by atoms with E-state index in [4.69, 9.17) is 5.73 Å². The maximum absolute atomic E-state index is 12.6. The summed E-state index contributed by atoms with van der Waals surface area (Å²) >= 11 is 1.28. The van der Waals surface area contributed by atoms with E-state index in [0.29, 0.717) is 40.3 Å². The van der Waals surface area contributed by atoms with E-state index in [-0.39, 0.29) is 5.91 Å². The van der Waals surface area contributed by atoms with Crippen LogP contribution in [0.1, 0.15) is 33.8 Å². The van der Waals surface area contributed by atoms with Crippen LogP contribution < -0.4 is 16.1 Å². The average Bonchev–Trinajstić information content (AvgIpc) is 3.17. The summed E-state index contributed by atoms with van der Waals surface area (Å²) in [5, 5.41) is 9.11. The second kappa shape index (κ2) is 10.5. The second-order valence-corrected chi connectivity index (χ2v) is 8.08. The molecule has 0 aliphatic heterocycles. The third-order valence-electron chi connectivity index (χ3n) is 4.77. The first-order chi connectivity index (χ1) is 14.6. The van der Waals surface area contributed by atoms with Gasteiger partial charge in [0.2, 0.25) is 5.13 Å². The van der Waals surface area contributed by atoms with E-state index in [1.54, 1.807) is 6.20 Å². The molecule has 6 nitrogen and oxygen atoms in total. The standard InChI is InChI=1S/C23H27N5OS/c1-17-21(22(29)26-15-19-11-7-4-8-12-19)30-23(27-17)28(25-2)16-20(24)14-13-18-9-5-3-6-10-18/h3-11,16,19H,2,12-15,24H2,1H3,(H,26,29)/b20-16-. The number of carbonyl (C=O) groups is 1. The maximum atomic E-state index is 12.6. The van der Waals surface area contributed by atoms with Gasteiger partial charge in [0.1, 0.15) is 4.88 Å². The summed E-state index contributed by atoms with van der Waals surface area (Å²) in [6, 6.07) is 10.2. The minimum atomic E-state index is -0.121. The Labute approximate surface area is 181 Å². The van der Waals surface area contributed by atoms with Crippen molar-refractivity contribution in [3.05, 3.63) is 82.7 Å². The highest BCUT2D eigenvalue weighted by Gasteiger charge is 2.19. The lowest BCUT2D eigenvalue weighted by atomic mass is 10.0. The fourth-order valence-electron chi connectivity index (χ4n) is 3.09. The van der Waals surface area contributed by atoms with Gasteiger partial charge >= 0.3 is 0 Å². The van der Waals surface area contributed by atoms with Crippen LogP contribution in [0, 0.1) is 12.8 Å². The number of nitrogens with one attached hydrogen (secondary N) is 1. The minimum Gasteiger partial charge on any atom is -0.401 e. The number of nitrogens with two attached hydrogens (primary N) is 1. The molecule has 0 bridgehead atoms. The molecule has 30 heavy (non-hydrogen) atoms. The first-order valence-corrected chi connectivity index (χ1v) is 10.7. The van der Waals surface area contributed by atoms with Gasteiger partial charge in [0.25, 0.3) is 5.91 Å². The molecular formula is C23H27N5OS. The Kier molecular flexibility index (Phi) is 7.57. The molecule has 1 aliphatic carbocycles. The molecule has 0 saturated carbocycles. The maximum Gasteiger partial charge on any atom is 0.263 e. The molecule has 7 heteroatoms. The van der Waals surface area contributed by atoms with Gasteiger partial charge in [0, 0.05) is 19.0 Å². The molecule has 0 fully saturated rings. The predicted molar refractivity (Wildman–Crippen MR) is 125 cm³/mol. The number of hydrogen-bond acceptors (Lipinski definition) is 6. The molecule has 156 valence electrons. The van der Waals surface area contributed by atoms with Crippen molar-refractivity contribution in [2.45, 2.75) is 26.2 Å². The Morgan fingerprint density at radius 3 is 2.90 bits per heavy atom. The number of hydrogen-bond donors (Lipinski definition) is 2. The molecule has 1 amide bonds. The summed E-state index contributed by atoms with van der Waals surface area (Å²) in [5.41, 5.74) is 8.74. The number of carbonyl (C=O) groups excluding carboxylic acids is 1. The summed E-state index contributed by atoms with van der Waals surface area (Å²) in [7, 11) is 0. The second-order valence-electron chi connectivity index (χ2n) is 7.11. The van der Waals surface area contributed by atoms with Crippen LogP contribution in [0.2, 0.25) is 0 Å². The fraction of sp³-hybridized carbons (Fsp3) is 0.261. The van der Waals surface area contributed by atoms with Gasteiger partial charge in [-0.25, -0.2) is 9.99 Å². The molecule has 3 N–H and O–H groups in total. The van der Waals surface area contributed by atoms with Crippen LogP contribution >= 0.6 is 11.3 Å². The van der Waals surface area contributed by atoms with Crippen molar-refractivity contribution >= 4 is 29.1 Å². The number of hydrazone groups is 1. The third kappa shape index (κ3) is 5.90. The van der Waals surface area contributed by atoms with Crippen molar-refractivity contribution in [1.82, 2.24) is 10.3 Å². The van der Waals surface area contributed by atoms with E-state index < -0.39 is 0 Å². The lowest BCUT2D eigenvalue weighted by molar-refractivity contribution is 0.0953. The van der Waals surface area contributed by atoms with Crippen molar-refractivity contribution in [1.29, 1.82) is 0 Å². The van der Waals surface area contributed by atoms with Crippen LogP contribution in [0.5, 0.6) is 0 Å². The number of allylic oxidation sites excluding steroid dienone is 4. The Morgan fingerprint density at radius 2 is 2.20 bits per heavy atom. The van der Waals surface area contributed by atoms with Gasteiger partial charge in [0.05, 0.1) is 11.9 Å². The number of anilines is 1. The molecule has 1 unspecified atom stereocenters.